The summed E-state index contributed by atoms with van der Waals surface area (Å²) in [6.45, 7) is 0.973. The largest absolute Gasteiger partial charge is 0.372 e. The summed E-state index contributed by atoms with van der Waals surface area (Å²) in [4.78, 5) is 7.15. The van der Waals surface area contributed by atoms with E-state index in [-0.39, 0.29) is 0 Å². The van der Waals surface area contributed by atoms with Crippen LogP contribution in [0.2, 0.25) is 0 Å². The highest BCUT2D eigenvalue weighted by molar-refractivity contribution is 5.83. The first-order valence-electron chi connectivity index (χ1n) is 6.32. The number of para-hydroxylation sites is 2. The molecule has 2 aliphatic heterocycles. The molecule has 0 aromatic heterocycles. The van der Waals surface area contributed by atoms with Crippen LogP contribution in [0.5, 0.6) is 0 Å². The topological polar surface area (TPSA) is 15.6 Å². The zero-order chi connectivity index (χ0) is 12.1. The van der Waals surface area contributed by atoms with Crippen molar-refractivity contribution < 1.29 is 0 Å². The molecule has 0 N–H and O–H groups in total. The molecule has 2 aromatic carbocycles. The van der Waals surface area contributed by atoms with E-state index in [1.165, 1.54) is 22.0 Å². The molecule has 0 radical (unpaired) electrons. The number of hydrogen-bond donors (Lipinski definition) is 0. The van der Waals surface area contributed by atoms with Crippen LogP contribution in [0, 0.1) is 0 Å². The van der Waals surface area contributed by atoms with Crippen LogP contribution < -0.4 is 15.5 Å². The Kier molecular flexibility index (Phi) is 1.90. The third-order valence-corrected chi connectivity index (χ3v) is 3.87. The fourth-order valence-corrected chi connectivity index (χ4v) is 3.07. The predicted octanol–water partition coefficient (Wildman–Crippen LogP) is 1.34. The van der Waals surface area contributed by atoms with E-state index in [2.05, 4.69) is 60.5 Å². The van der Waals surface area contributed by atoms with E-state index in [1.54, 1.807) is 0 Å². The van der Waals surface area contributed by atoms with Gasteiger partial charge in [-0.2, -0.15) is 0 Å². The van der Waals surface area contributed by atoms with Crippen molar-refractivity contribution in [1.82, 2.24) is 0 Å². The summed E-state index contributed by atoms with van der Waals surface area (Å²) in [5.74, 6) is 0. The Morgan fingerprint density at radius 1 is 1.06 bits per heavy atom. The number of anilines is 1. The number of fused-ring (bicyclic) bond motifs is 4. The standard InChI is InChI=1S/C16H14N2/c1-18-10-14-16(12-7-3-5-9-15(12)18)11-6-2-4-8-13(11)17-14/h2-9,14H,10H2,1H3. The zero-order valence-corrected chi connectivity index (χ0v) is 10.3. The maximum absolute atomic E-state index is 4.84. The van der Waals surface area contributed by atoms with E-state index in [1.807, 2.05) is 0 Å². The predicted molar refractivity (Wildman–Crippen MR) is 73.2 cm³/mol. The Labute approximate surface area is 106 Å². The maximum Gasteiger partial charge on any atom is 0.0944 e. The van der Waals surface area contributed by atoms with Crippen molar-refractivity contribution in [1.29, 1.82) is 0 Å². The highest BCUT2D eigenvalue weighted by Gasteiger charge is 2.29. The molecule has 0 amide bonds. The lowest BCUT2D eigenvalue weighted by molar-refractivity contribution is 0.766. The second-order valence-electron chi connectivity index (χ2n) is 4.97. The number of benzene rings is 2. The highest BCUT2D eigenvalue weighted by atomic mass is 15.1. The van der Waals surface area contributed by atoms with Crippen LogP contribution in [0.4, 0.5) is 5.69 Å². The van der Waals surface area contributed by atoms with Crippen molar-refractivity contribution >= 4 is 11.3 Å². The average molecular weight is 234 g/mol. The fourth-order valence-electron chi connectivity index (χ4n) is 3.07. The molecule has 4 rings (SSSR count). The van der Waals surface area contributed by atoms with Crippen molar-refractivity contribution in [2.75, 3.05) is 18.5 Å². The molecule has 2 nitrogen and oxygen atoms in total. The molecule has 2 aromatic rings. The van der Waals surface area contributed by atoms with Gasteiger partial charge in [-0.3, -0.25) is 4.99 Å². The van der Waals surface area contributed by atoms with Gasteiger partial charge in [0.15, 0.2) is 0 Å². The second-order valence-corrected chi connectivity index (χ2v) is 4.97. The van der Waals surface area contributed by atoms with Gasteiger partial charge in [-0.25, -0.2) is 0 Å². The molecule has 2 aliphatic rings. The van der Waals surface area contributed by atoms with Crippen LogP contribution in [-0.2, 0) is 0 Å². The Morgan fingerprint density at radius 2 is 1.83 bits per heavy atom. The lowest BCUT2D eigenvalue weighted by atomic mass is 9.92. The Morgan fingerprint density at radius 3 is 2.78 bits per heavy atom. The summed E-state index contributed by atoms with van der Waals surface area (Å²) in [5.41, 5.74) is 4.06. The van der Waals surface area contributed by atoms with Crippen LogP contribution >= 0.6 is 0 Å². The molecule has 2 heteroatoms. The summed E-state index contributed by atoms with van der Waals surface area (Å²) in [7, 11) is 2.15. The van der Waals surface area contributed by atoms with E-state index < -0.39 is 0 Å². The summed E-state index contributed by atoms with van der Waals surface area (Å²) >= 11 is 0. The van der Waals surface area contributed by atoms with Gasteiger partial charge in [0.05, 0.1) is 11.4 Å². The molecular weight excluding hydrogens is 220 g/mol. The first-order valence-corrected chi connectivity index (χ1v) is 6.32. The van der Waals surface area contributed by atoms with E-state index in [0.29, 0.717) is 6.04 Å². The van der Waals surface area contributed by atoms with E-state index in [9.17, 15) is 0 Å². The normalized spacial score (nSPS) is 19.9. The molecule has 18 heavy (non-hydrogen) atoms. The minimum atomic E-state index is 0.294. The third kappa shape index (κ3) is 1.20. The molecule has 0 bridgehead atoms. The van der Waals surface area contributed by atoms with Crippen molar-refractivity contribution in [3.8, 4) is 0 Å². The highest BCUT2D eigenvalue weighted by Crippen LogP contribution is 2.34. The van der Waals surface area contributed by atoms with Gasteiger partial charge in [-0.1, -0.05) is 36.4 Å². The van der Waals surface area contributed by atoms with Crippen LogP contribution in [0.3, 0.4) is 0 Å². The SMILES string of the molecule is CN1CC2N=c3ccccc3=C2c2ccccc21. The number of nitrogens with zero attached hydrogens (tertiary/aromatic N) is 2. The van der Waals surface area contributed by atoms with Gasteiger partial charge in [0.25, 0.3) is 0 Å². The van der Waals surface area contributed by atoms with Gasteiger partial charge in [0, 0.05) is 30.1 Å². The minimum Gasteiger partial charge on any atom is -0.372 e. The summed E-state index contributed by atoms with van der Waals surface area (Å²) in [5, 5.41) is 2.45. The lowest BCUT2D eigenvalue weighted by Crippen LogP contribution is -2.34. The Hall–Kier alpha value is -2.09. The van der Waals surface area contributed by atoms with Gasteiger partial charge in [-0.05, 0) is 17.7 Å². The summed E-state index contributed by atoms with van der Waals surface area (Å²) < 4.78 is 0. The molecule has 88 valence electrons. The van der Waals surface area contributed by atoms with Crippen LogP contribution in [0.15, 0.2) is 53.5 Å². The smallest absolute Gasteiger partial charge is 0.0944 e. The van der Waals surface area contributed by atoms with E-state index in [0.717, 1.165) is 11.9 Å². The average Bonchev–Trinajstić information content (AvgIpc) is 2.77. The first-order chi connectivity index (χ1) is 8.84. The van der Waals surface area contributed by atoms with Crippen LogP contribution in [0.1, 0.15) is 5.56 Å². The third-order valence-electron chi connectivity index (χ3n) is 3.87. The summed E-state index contributed by atoms with van der Waals surface area (Å²) in [6, 6.07) is 17.4. The van der Waals surface area contributed by atoms with Gasteiger partial charge in [-0.15, -0.1) is 0 Å². The molecule has 0 spiro atoms. The van der Waals surface area contributed by atoms with Crippen molar-refractivity contribution in [2.45, 2.75) is 6.04 Å². The van der Waals surface area contributed by atoms with Gasteiger partial charge >= 0.3 is 0 Å². The molecule has 0 aliphatic carbocycles. The lowest BCUT2D eigenvalue weighted by Gasteiger charge is -2.32. The molecule has 1 unspecified atom stereocenters. The van der Waals surface area contributed by atoms with Gasteiger partial charge in [0.1, 0.15) is 0 Å². The zero-order valence-electron chi connectivity index (χ0n) is 10.3. The van der Waals surface area contributed by atoms with Crippen LogP contribution in [0.25, 0.3) is 5.57 Å². The monoisotopic (exact) mass is 234 g/mol. The van der Waals surface area contributed by atoms with Gasteiger partial charge < -0.3 is 4.90 Å². The van der Waals surface area contributed by atoms with Crippen molar-refractivity contribution in [2.24, 2.45) is 4.99 Å². The van der Waals surface area contributed by atoms with Crippen LogP contribution in [-0.4, -0.2) is 19.6 Å². The molecule has 1 atom stereocenters. The van der Waals surface area contributed by atoms with Crippen molar-refractivity contribution in [3.05, 3.63) is 64.7 Å². The number of rotatable bonds is 0. The molecule has 0 saturated heterocycles. The summed E-state index contributed by atoms with van der Waals surface area (Å²) in [6.07, 6.45) is 0. The van der Waals surface area contributed by atoms with Crippen molar-refractivity contribution in [3.63, 3.8) is 0 Å². The molecule has 0 fully saturated rings. The minimum absolute atomic E-state index is 0.294. The maximum atomic E-state index is 4.84. The van der Waals surface area contributed by atoms with E-state index >= 15 is 0 Å². The number of likely N-dealkylation sites (N-methyl/N-ethyl adjacent to an activating group) is 1. The Bertz CT molecular complexity index is 746. The second kappa shape index (κ2) is 3.45. The first kappa shape index (κ1) is 9.89. The Balaban J connectivity index is 2.12. The fraction of sp³-hybridized carbons (Fsp3) is 0.188. The number of hydrogen-bond acceptors (Lipinski definition) is 2. The molecular formula is C16H14N2. The molecule has 0 saturated carbocycles. The van der Waals surface area contributed by atoms with Gasteiger partial charge in [0.2, 0.25) is 0 Å². The molecule has 2 heterocycles. The quantitative estimate of drug-likeness (QED) is 0.671. The van der Waals surface area contributed by atoms with E-state index in [4.69, 9.17) is 4.99 Å².